The van der Waals surface area contributed by atoms with Crippen molar-refractivity contribution < 1.29 is 21.6 Å². The van der Waals surface area contributed by atoms with Gasteiger partial charge in [-0.2, -0.15) is 32.5 Å². The van der Waals surface area contributed by atoms with Crippen LogP contribution in [0.1, 0.15) is 24.4 Å². The van der Waals surface area contributed by atoms with E-state index in [0.717, 1.165) is 16.4 Å². The zero-order chi connectivity index (χ0) is 17.4. The van der Waals surface area contributed by atoms with Gasteiger partial charge in [-0.1, -0.05) is 12.1 Å². The van der Waals surface area contributed by atoms with Crippen molar-refractivity contribution in [3.8, 4) is 0 Å². The van der Waals surface area contributed by atoms with E-state index in [1.54, 1.807) is 0 Å². The number of nitrogens with zero attached hydrogens (tertiary/aromatic N) is 4. The third kappa shape index (κ3) is 3.16. The summed E-state index contributed by atoms with van der Waals surface area (Å²) >= 11 is 0. The smallest absolute Gasteiger partial charge is 0.207 e. The molecule has 0 saturated carbocycles. The van der Waals surface area contributed by atoms with Crippen LogP contribution in [0.5, 0.6) is 0 Å². The molecular weight excluding hydrogens is 345 g/mol. The van der Waals surface area contributed by atoms with Crippen LogP contribution in [0.4, 0.5) is 13.2 Å². The van der Waals surface area contributed by atoms with E-state index in [-0.39, 0.29) is 19.1 Å². The summed E-state index contributed by atoms with van der Waals surface area (Å²) in [5, 5.41) is 8.04. The molecule has 2 aromatic rings. The molecule has 10 heteroatoms. The molecule has 1 fully saturated rings. The van der Waals surface area contributed by atoms with E-state index in [1.165, 1.54) is 29.3 Å². The summed E-state index contributed by atoms with van der Waals surface area (Å²) in [6, 6.07) is 4.20. The number of alkyl halides is 3. The van der Waals surface area contributed by atoms with Gasteiger partial charge in [0.1, 0.15) is 0 Å². The van der Waals surface area contributed by atoms with E-state index in [1.807, 2.05) is 0 Å². The van der Waals surface area contributed by atoms with Crippen molar-refractivity contribution in [3.63, 3.8) is 0 Å². The molecular formula is C14H15F3N4O2S. The van der Waals surface area contributed by atoms with E-state index in [2.05, 4.69) is 10.2 Å². The molecule has 1 aliphatic rings. The summed E-state index contributed by atoms with van der Waals surface area (Å²) in [6.07, 6.45) is -0.767. The highest BCUT2D eigenvalue weighted by Gasteiger charge is 2.39. The fourth-order valence-electron chi connectivity index (χ4n) is 2.79. The molecule has 6 nitrogen and oxygen atoms in total. The van der Waals surface area contributed by atoms with Crippen molar-refractivity contribution in [2.45, 2.75) is 30.0 Å². The van der Waals surface area contributed by atoms with Crippen molar-refractivity contribution >= 4 is 10.0 Å². The van der Waals surface area contributed by atoms with Gasteiger partial charge in [0.15, 0.2) is 0 Å². The molecule has 2 heterocycles. The molecule has 0 unspecified atom stereocenters. The van der Waals surface area contributed by atoms with Crippen LogP contribution in [0.2, 0.25) is 0 Å². The predicted octanol–water partition coefficient (Wildman–Crippen LogP) is 2.32. The van der Waals surface area contributed by atoms with Gasteiger partial charge in [0.2, 0.25) is 10.0 Å². The number of aromatic nitrogens is 3. The summed E-state index contributed by atoms with van der Waals surface area (Å²) in [5.41, 5.74) is -1.14. The first kappa shape index (κ1) is 16.9. The van der Waals surface area contributed by atoms with Crippen molar-refractivity contribution in [3.05, 3.63) is 42.2 Å². The Kier molecular flexibility index (Phi) is 4.35. The Balaban J connectivity index is 1.83. The van der Waals surface area contributed by atoms with Gasteiger partial charge in [-0.3, -0.25) is 0 Å². The first-order chi connectivity index (χ1) is 11.3. The lowest BCUT2D eigenvalue weighted by molar-refractivity contribution is -0.139. The second kappa shape index (κ2) is 6.17. The minimum absolute atomic E-state index is 0.0516. The minimum atomic E-state index is -4.72. The molecule has 130 valence electrons. The number of halogens is 3. The van der Waals surface area contributed by atoms with Crippen LogP contribution in [-0.4, -0.2) is 40.8 Å². The number of hydrogen-bond donors (Lipinski definition) is 0. The van der Waals surface area contributed by atoms with Crippen LogP contribution < -0.4 is 0 Å². The van der Waals surface area contributed by atoms with E-state index < -0.39 is 26.7 Å². The number of sulfonamides is 1. The van der Waals surface area contributed by atoms with E-state index in [9.17, 15) is 21.6 Å². The molecule has 3 rings (SSSR count). The third-order valence-corrected chi connectivity index (χ3v) is 5.95. The maximum absolute atomic E-state index is 13.1. The molecule has 0 atom stereocenters. The van der Waals surface area contributed by atoms with E-state index in [4.69, 9.17) is 0 Å². The van der Waals surface area contributed by atoms with Gasteiger partial charge in [0, 0.05) is 13.1 Å². The molecule has 0 spiro atoms. The first-order valence-corrected chi connectivity index (χ1v) is 8.76. The molecule has 0 amide bonds. The molecule has 1 aliphatic heterocycles. The summed E-state index contributed by atoms with van der Waals surface area (Å²) in [6.45, 7) is 0.251. The highest BCUT2D eigenvalue weighted by atomic mass is 32.2. The average molecular weight is 360 g/mol. The number of benzene rings is 1. The number of hydrogen-bond acceptors (Lipinski definition) is 4. The Labute approximate surface area is 136 Å². The summed E-state index contributed by atoms with van der Waals surface area (Å²) in [7, 11) is -4.20. The molecule has 24 heavy (non-hydrogen) atoms. The second-order valence-electron chi connectivity index (χ2n) is 5.48. The van der Waals surface area contributed by atoms with Crippen molar-refractivity contribution in [1.29, 1.82) is 0 Å². The highest BCUT2D eigenvalue weighted by molar-refractivity contribution is 7.89. The fraction of sp³-hybridized carbons (Fsp3) is 0.429. The van der Waals surface area contributed by atoms with Crippen LogP contribution in [0.3, 0.4) is 0 Å². The maximum atomic E-state index is 13.1. The lowest BCUT2D eigenvalue weighted by atomic mass is 10.1. The summed E-state index contributed by atoms with van der Waals surface area (Å²) in [4.78, 5) is 0.807. The van der Waals surface area contributed by atoms with Gasteiger partial charge in [-0.15, -0.1) is 0 Å². The fourth-order valence-corrected chi connectivity index (χ4v) is 4.47. The Morgan fingerprint density at radius 3 is 2.21 bits per heavy atom. The highest BCUT2D eigenvalue weighted by Crippen LogP contribution is 2.36. The average Bonchev–Trinajstić information content (AvgIpc) is 3.09. The molecule has 0 N–H and O–H groups in total. The maximum Gasteiger partial charge on any atom is 0.417 e. The standard InChI is InChI=1S/C14H15F3N4O2S/c15-14(16,17)12-3-1-2-4-13(12)24(22,23)20-9-5-11(6-10-20)21-18-7-8-19-21/h1-4,7-8,11H,5-6,9-10H2. The van der Waals surface area contributed by atoms with Gasteiger partial charge in [-0.05, 0) is 25.0 Å². The van der Waals surface area contributed by atoms with Crippen molar-refractivity contribution in [2.24, 2.45) is 0 Å². The Hall–Kier alpha value is -1.94. The van der Waals surface area contributed by atoms with Crippen LogP contribution in [0, 0.1) is 0 Å². The van der Waals surface area contributed by atoms with Gasteiger partial charge >= 0.3 is 6.18 Å². The van der Waals surface area contributed by atoms with Crippen LogP contribution in [0.15, 0.2) is 41.6 Å². The summed E-state index contributed by atoms with van der Waals surface area (Å²) < 4.78 is 65.6. The normalized spacial score (nSPS) is 18.0. The largest absolute Gasteiger partial charge is 0.417 e. The molecule has 0 radical (unpaired) electrons. The quantitative estimate of drug-likeness (QED) is 0.842. The van der Waals surface area contributed by atoms with E-state index >= 15 is 0 Å². The van der Waals surface area contributed by atoms with Crippen LogP contribution >= 0.6 is 0 Å². The molecule has 1 saturated heterocycles. The van der Waals surface area contributed by atoms with Crippen LogP contribution in [-0.2, 0) is 16.2 Å². The zero-order valence-electron chi connectivity index (χ0n) is 12.5. The van der Waals surface area contributed by atoms with Gasteiger partial charge < -0.3 is 0 Å². The molecule has 0 aliphatic carbocycles. The number of piperidine rings is 1. The van der Waals surface area contributed by atoms with Gasteiger partial charge in [0.25, 0.3) is 0 Å². The molecule has 0 bridgehead atoms. The lowest BCUT2D eigenvalue weighted by Crippen LogP contribution is -2.40. The van der Waals surface area contributed by atoms with E-state index in [0.29, 0.717) is 12.8 Å². The third-order valence-electron chi connectivity index (χ3n) is 4.00. The Morgan fingerprint density at radius 1 is 1.04 bits per heavy atom. The summed E-state index contributed by atoms with van der Waals surface area (Å²) in [5.74, 6) is 0. The van der Waals surface area contributed by atoms with Crippen molar-refractivity contribution in [2.75, 3.05) is 13.1 Å². The topological polar surface area (TPSA) is 68.1 Å². The zero-order valence-corrected chi connectivity index (χ0v) is 13.3. The minimum Gasteiger partial charge on any atom is -0.207 e. The SMILES string of the molecule is O=S(=O)(c1ccccc1C(F)(F)F)N1CCC(n2nccn2)CC1. The number of rotatable bonds is 3. The molecule has 1 aromatic heterocycles. The van der Waals surface area contributed by atoms with Gasteiger partial charge in [-0.25, -0.2) is 8.42 Å². The first-order valence-electron chi connectivity index (χ1n) is 7.32. The monoisotopic (exact) mass is 360 g/mol. The predicted molar refractivity (Wildman–Crippen MR) is 78.5 cm³/mol. The van der Waals surface area contributed by atoms with Gasteiger partial charge in [0.05, 0.1) is 28.9 Å². The van der Waals surface area contributed by atoms with Crippen molar-refractivity contribution in [1.82, 2.24) is 19.3 Å². The Bertz CT molecular complexity index is 798. The Morgan fingerprint density at radius 2 is 1.62 bits per heavy atom. The second-order valence-corrected chi connectivity index (χ2v) is 7.39. The lowest BCUT2D eigenvalue weighted by Gasteiger charge is -2.31. The molecule has 1 aromatic carbocycles. The van der Waals surface area contributed by atoms with Crippen LogP contribution in [0.25, 0.3) is 0 Å².